The second-order valence-corrected chi connectivity index (χ2v) is 8.32. The number of allylic oxidation sites excluding steroid dienone is 2. The third-order valence-electron chi connectivity index (χ3n) is 5.44. The normalized spacial score (nSPS) is 11.6. The molecule has 0 N–H and O–H groups in total. The fraction of sp³-hybridized carbons (Fsp3) is 0.923. The molecule has 0 amide bonds. The van der Waals surface area contributed by atoms with Gasteiger partial charge >= 0.3 is 0 Å². The van der Waals surface area contributed by atoms with Crippen molar-refractivity contribution in [1.29, 1.82) is 0 Å². The Balaban J connectivity index is 3.03. The predicted molar refractivity (Wildman–Crippen MR) is 124 cm³/mol. The standard InChI is InChI=1S/C26H52O/c1-3-5-7-9-11-12-13-14-15-16-17-18-19-20-22-24-26-27-25-23-21-10-8-6-4-2/h14-15H,3-13,16-26H2,1-2H3/b15-14-. The molecule has 0 aromatic carbocycles. The number of hydrogen-bond donors (Lipinski definition) is 0. The van der Waals surface area contributed by atoms with E-state index in [0.29, 0.717) is 0 Å². The van der Waals surface area contributed by atoms with E-state index in [1.807, 2.05) is 0 Å². The van der Waals surface area contributed by atoms with Crippen LogP contribution in [-0.4, -0.2) is 13.2 Å². The third kappa shape index (κ3) is 25.7. The maximum absolute atomic E-state index is 5.75. The van der Waals surface area contributed by atoms with Crippen LogP contribution >= 0.6 is 0 Å². The Morgan fingerprint density at radius 1 is 0.407 bits per heavy atom. The first-order valence-corrected chi connectivity index (χ1v) is 12.6. The Bertz CT molecular complexity index is 271. The zero-order valence-electron chi connectivity index (χ0n) is 19.1. The van der Waals surface area contributed by atoms with E-state index in [1.54, 1.807) is 0 Å². The van der Waals surface area contributed by atoms with Crippen LogP contribution < -0.4 is 0 Å². The first-order valence-electron chi connectivity index (χ1n) is 12.6. The molecule has 0 unspecified atom stereocenters. The van der Waals surface area contributed by atoms with Gasteiger partial charge in [-0.05, 0) is 38.5 Å². The van der Waals surface area contributed by atoms with Gasteiger partial charge in [-0.25, -0.2) is 0 Å². The van der Waals surface area contributed by atoms with Crippen molar-refractivity contribution in [2.75, 3.05) is 13.2 Å². The summed E-state index contributed by atoms with van der Waals surface area (Å²) >= 11 is 0. The molecule has 0 atom stereocenters. The molecule has 0 aliphatic rings. The van der Waals surface area contributed by atoms with E-state index < -0.39 is 0 Å². The van der Waals surface area contributed by atoms with Crippen LogP contribution in [-0.2, 0) is 4.74 Å². The average Bonchev–Trinajstić information content (AvgIpc) is 2.68. The summed E-state index contributed by atoms with van der Waals surface area (Å²) in [6.07, 6.45) is 32.2. The van der Waals surface area contributed by atoms with Gasteiger partial charge in [0.1, 0.15) is 0 Å². The van der Waals surface area contributed by atoms with Gasteiger partial charge in [-0.15, -0.1) is 0 Å². The van der Waals surface area contributed by atoms with E-state index in [0.717, 1.165) is 13.2 Å². The summed E-state index contributed by atoms with van der Waals surface area (Å²) in [5, 5.41) is 0. The van der Waals surface area contributed by atoms with Crippen LogP contribution in [0.5, 0.6) is 0 Å². The van der Waals surface area contributed by atoms with Crippen LogP contribution in [0.25, 0.3) is 0 Å². The second-order valence-electron chi connectivity index (χ2n) is 8.32. The Morgan fingerprint density at radius 2 is 0.741 bits per heavy atom. The molecule has 0 aromatic heterocycles. The van der Waals surface area contributed by atoms with Crippen LogP contribution in [0.15, 0.2) is 12.2 Å². The minimum absolute atomic E-state index is 0.982. The molecule has 0 saturated carbocycles. The van der Waals surface area contributed by atoms with Gasteiger partial charge in [0.15, 0.2) is 0 Å². The van der Waals surface area contributed by atoms with Crippen LogP contribution in [0.2, 0.25) is 0 Å². The third-order valence-corrected chi connectivity index (χ3v) is 5.44. The summed E-state index contributed by atoms with van der Waals surface area (Å²) in [6.45, 7) is 6.53. The molecule has 0 radical (unpaired) electrons. The molecular weight excluding hydrogens is 328 g/mol. The topological polar surface area (TPSA) is 9.23 Å². The summed E-state index contributed by atoms with van der Waals surface area (Å²) < 4.78 is 5.75. The van der Waals surface area contributed by atoms with Crippen molar-refractivity contribution >= 4 is 0 Å². The first-order chi connectivity index (χ1) is 13.4. The molecule has 0 aliphatic heterocycles. The highest BCUT2D eigenvalue weighted by Crippen LogP contribution is 2.10. The molecule has 0 rings (SSSR count). The lowest BCUT2D eigenvalue weighted by Crippen LogP contribution is -1.97. The number of ether oxygens (including phenoxy) is 1. The van der Waals surface area contributed by atoms with E-state index in [9.17, 15) is 0 Å². The lowest BCUT2D eigenvalue weighted by molar-refractivity contribution is 0.125. The molecule has 0 aliphatic carbocycles. The summed E-state index contributed by atoms with van der Waals surface area (Å²) in [6, 6.07) is 0. The molecule has 0 bridgehead atoms. The lowest BCUT2D eigenvalue weighted by atomic mass is 10.1. The Labute approximate surface area is 172 Å². The van der Waals surface area contributed by atoms with Gasteiger partial charge in [-0.3, -0.25) is 0 Å². The van der Waals surface area contributed by atoms with Gasteiger partial charge in [0.05, 0.1) is 0 Å². The van der Waals surface area contributed by atoms with E-state index in [4.69, 9.17) is 4.74 Å². The first kappa shape index (κ1) is 26.7. The molecule has 0 aromatic rings. The quantitative estimate of drug-likeness (QED) is 0.127. The molecule has 0 fully saturated rings. The SMILES string of the molecule is CCCCCCCC/C=C\CCCCCCCCOCCCCCCCC. The summed E-state index contributed by atoms with van der Waals surface area (Å²) in [5.74, 6) is 0. The lowest BCUT2D eigenvalue weighted by Gasteiger charge is -2.04. The molecule has 27 heavy (non-hydrogen) atoms. The van der Waals surface area contributed by atoms with Gasteiger partial charge in [0.25, 0.3) is 0 Å². The fourth-order valence-electron chi connectivity index (χ4n) is 3.54. The van der Waals surface area contributed by atoms with Crippen LogP contribution in [0.3, 0.4) is 0 Å². The molecule has 162 valence electrons. The van der Waals surface area contributed by atoms with Gasteiger partial charge < -0.3 is 4.74 Å². The van der Waals surface area contributed by atoms with E-state index >= 15 is 0 Å². The van der Waals surface area contributed by atoms with Gasteiger partial charge in [0.2, 0.25) is 0 Å². The maximum atomic E-state index is 5.75. The Kier molecular flexibility index (Phi) is 25.4. The smallest absolute Gasteiger partial charge is 0.0466 e. The van der Waals surface area contributed by atoms with Gasteiger partial charge in [-0.2, -0.15) is 0 Å². The maximum Gasteiger partial charge on any atom is 0.0466 e. The van der Waals surface area contributed by atoms with E-state index in [2.05, 4.69) is 26.0 Å². The van der Waals surface area contributed by atoms with Crippen molar-refractivity contribution in [3.8, 4) is 0 Å². The molecular formula is C26H52O. The molecule has 1 nitrogen and oxygen atoms in total. The van der Waals surface area contributed by atoms with Gasteiger partial charge in [-0.1, -0.05) is 116 Å². The predicted octanol–water partition coefficient (Wildman–Crippen LogP) is 9.40. The van der Waals surface area contributed by atoms with Crippen molar-refractivity contribution in [3.63, 3.8) is 0 Å². The molecule has 0 saturated heterocycles. The fourth-order valence-corrected chi connectivity index (χ4v) is 3.54. The Hall–Kier alpha value is -0.300. The number of rotatable bonds is 23. The van der Waals surface area contributed by atoms with Gasteiger partial charge in [0, 0.05) is 13.2 Å². The summed E-state index contributed by atoms with van der Waals surface area (Å²) in [4.78, 5) is 0. The van der Waals surface area contributed by atoms with Crippen molar-refractivity contribution in [2.45, 2.75) is 142 Å². The van der Waals surface area contributed by atoms with Crippen molar-refractivity contribution in [3.05, 3.63) is 12.2 Å². The molecule has 0 spiro atoms. The summed E-state index contributed by atoms with van der Waals surface area (Å²) in [7, 11) is 0. The number of hydrogen-bond acceptors (Lipinski definition) is 1. The van der Waals surface area contributed by atoms with E-state index in [1.165, 1.54) is 128 Å². The van der Waals surface area contributed by atoms with Crippen molar-refractivity contribution in [2.24, 2.45) is 0 Å². The second kappa shape index (κ2) is 25.7. The Morgan fingerprint density at radius 3 is 1.15 bits per heavy atom. The monoisotopic (exact) mass is 380 g/mol. The zero-order chi connectivity index (χ0) is 19.7. The largest absolute Gasteiger partial charge is 0.381 e. The highest BCUT2D eigenvalue weighted by molar-refractivity contribution is 4.81. The van der Waals surface area contributed by atoms with Crippen LogP contribution in [0, 0.1) is 0 Å². The number of unbranched alkanes of at least 4 members (excludes halogenated alkanes) is 17. The van der Waals surface area contributed by atoms with Crippen molar-refractivity contribution in [1.82, 2.24) is 0 Å². The minimum atomic E-state index is 0.982. The average molecular weight is 381 g/mol. The highest BCUT2D eigenvalue weighted by Gasteiger charge is 1.94. The van der Waals surface area contributed by atoms with Crippen LogP contribution in [0.1, 0.15) is 142 Å². The van der Waals surface area contributed by atoms with Crippen LogP contribution in [0.4, 0.5) is 0 Å². The summed E-state index contributed by atoms with van der Waals surface area (Å²) in [5.41, 5.74) is 0. The van der Waals surface area contributed by atoms with Crippen molar-refractivity contribution < 1.29 is 4.74 Å². The molecule has 0 heterocycles. The zero-order valence-corrected chi connectivity index (χ0v) is 19.1. The highest BCUT2D eigenvalue weighted by atomic mass is 16.5. The van der Waals surface area contributed by atoms with E-state index in [-0.39, 0.29) is 0 Å². The molecule has 1 heteroatoms. The minimum Gasteiger partial charge on any atom is -0.381 e.